The molecule has 0 aliphatic heterocycles. The van der Waals surface area contributed by atoms with Gasteiger partial charge in [0.25, 0.3) is 0 Å². The lowest BCUT2D eigenvalue weighted by Gasteiger charge is -2.12. The van der Waals surface area contributed by atoms with Crippen LogP contribution in [0.25, 0.3) is 0 Å². The highest BCUT2D eigenvalue weighted by atomic mass is 79.9. The maximum absolute atomic E-state index is 13.5. The molecule has 0 nitrogen and oxygen atoms in total. The molecule has 2 aromatic rings. The molecule has 1 unspecified atom stereocenters. The molecular formula is C13H7BrF4. The highest BCUT2D eigenvalue weighted by molar-refractivity contribution is 9.09. The lowest BCUT2D eigenvalue weighted by atomic mass is 10.0. The molecule has 2 rings (SSSR count). The van der Waals surface area contributed by atoms with Gasteiger partial charge in [-0.25, -0.2) is 17.6 Å². The van der Waals surface area contributed by atoms with E-state index in [1.54, 1.807) is 0 Å². The van der Waals surface area contributed by atoms with Crippen LogP contribution in [0.4, 0.5) is 17.6 Å². The monoisotopic (exact) mass is 318 g/mol. The average Bonchev–Trinajstić information content (AvgIpc) is 2.35. The Labute approximate surface area is 109 Å². The van der Waals surface area contributed by atoms with Crippen LogP contribution < -0.4 is 0 Å². The molecule has 0 N–H and O–H groups in total. The Morgan fingerprint density at radius 2 is 1.44 bits per heavy atom. The average molecular weight is 319 g/mol. The minimum Gasteiger partial charge on any atom is -0.207 e. The number of hydrogen-bond donors (Lipinski definition) is 0. The first-order valence-electron chi connectivity index (χ1n) is 5.03. The Morgan fingerprint density at radius 1 is 0.778 bits per heavy atom. The highest BCUT2D eigenvalue weighted by Gasteiger charge is 2.17. The molecule has 0 amide bonds. The Bertz CT molecular complexity index is 583. The highest BCUT2D eigenvalue weighted by Crippen LogP contribution is 2.33. The van der Waals surface area contributed by atoms with Crippen molar-refractivity contribution in [1.82, 2.24) is 0 Å². The lowest BCUT2D eigenvalue weighted by molar-refractivity contribution is 0.507. The Kier molecular flexibility index (Phi) is 3.71. The van der Waals surface area contributed by atoms with Crippen LogP contribution in [0, 0.1) is 23.3 Å². The van der Waals surface area contributed by atoms with Gasteiger partial charge in [-0.1, -0.05) is 22.0 Å². The summed E-state index contributed by atoms with van der Waals surface area (Å²) in [6.45, 7) is 0. The SMILES string of the molecule is Fc1ccc(F)c(C(Br)c2ccc(F)c(F)c2)c1. The van der Waals surface area contributed by atoms with E-state index >= 15 is 0 Å². The molecular weight excluding hydrogens is 312 g/mol. The molecule has 0 bridgehead atoms. The van der Waals surface area contributed by atoms with Crippen LogP contribution in [-0.2, 0) is 0 Å². The van der Waals surface area contributed by atoms with Crippen molar-refractivity contribution in [1.29, 1.82) is 0 Å². The van der Waals surface area contributed by atoms with E-state index in [0.29, 0.717) is 5.56 Å². The zero-order valence-electron chi connectivity index (χ0n) is 8.93. The van der Waals surface area contributed by atoms with Crippen LogP contribution in [0.3, 0.4) is 0 Å². The third kappa shape index (κ3) is 2.56. The molecule has 2 aromatic carbocycles. The minimum atomic E-state index is -1.03. The number of alkyl halides is 1. The van der Waals surface area contributed by atoms with Gasteiger partial charge in [0.15, 0.2) is 11.6 Å². The quantitative estimate of drug-likeness (QED) is 0.555. The lowest BCUT2D eigenvalue weighted by Crippen LogP contribution is -1.99. The van der Waals surface area contributed by atoms with E-state index in [9.17, 15) is 17.6 Å². The minimum absolute atomic E-state index is 0.0287. The molecule has 0 aliphatic rings. The third-order valence-electron chi connectivity index (χ3n) is 2.47. The molecule has 94 valence electrons. The van der Waals surface area contributed by atoms with Crippen LogP contribution in [0.2, 0.25) is 0 Å². The van der Waals surface area contributed by atoms with E-state index in [4.69, 9.17) is 0 Å². The molecule has 18 heavy (non-hydrogen) atoms. The van der Waals surface area contributed by atoms with Gasteiger partial charge < -0.3 is 0 Å². The maximum Gasteiger partial charge on any atom is 0.159 e. The largest absolute Gasteiger partial charge is 0.207 e. The van der Waals surface area contributed by atoms with Crippen molar-refractivity contribution in [3.8, 4) is 0 Å². The fraction of sp³-hybridized carbons (Fsp3) is 0.0769. The number of rotatable bonds is 2. The summed E-state index contributed by atoms with van der Waals surface area (Å²) in [7, 11) is 0. The number of halogens is 5. The fourth-order valence-corrected chi connectivity index (χ4v) is 2.19. The summed E-state index contributed by atoms with van der Waals surface area (Å²) in [5.41, 5.74) is 0.333. The topological polar surface area (TPSA) is 0 Å². The van der Waals surface area contributed by atoms with Gasteiger partial charge >= 0.3 is 0 Å². The molecule has 0 fully saturated rings. The van der Waals surface area contributed by atoms with E-state index < -0.39 is 28.1 Å². The normalized spacial score (nSPS) is 12.5. The predicted octanol–water partition coefficient (Wildman–Crippen LogP) is 4.73. The first-order chi connectivity index (χ1) is 8.49. The summed E-state index contributed by atoms with van der Waals surface area (Å²) < 4.78 is 52.4. The van der Waals surface area contributed by atoms with Crippen LogP contribution in [0.5, 0.6) is 0 Å². The van der Waals surface area contributed by atoms with Gasteiger partial charge in [-0.2, -0.15) is 0 Å². The van der Waals surface area contributed by atoms with E-state index in [2.05, 4.69) is 15.9 Å². The van der Waals surface area contributed by atoms with Gasteiger partial charge in [0.05, 0.1) is 4.83 Å². The van der Waals surface area contributed by atoms with Crippen molar-refractivity contribution in [2.75, 3.05) is 0 Å². The summed E-state index contributed by atoms with van der Waals surface area (Å²) in [6.07, 6.45) is 0. The van der Waals surface area contributed by atoms with Gasteiger partial charge in [-0.05, 0) is 35.9 Å². The number of benzene rings is 2. The van der Waals surface area contributed by atoms with Crippen molar-refractivity contribution in [2.24, 2.45) is 0 Å². The predicted molar refractivity (Wildman–Crippen MR) is 63.5 cm³/mol. The molecule has 0 saturated carbocycles. The van der Waals surface area contributed by atoms with E-state index in [1.165, 1.54) is 6.07 Å². The Morgan fingerprint density at radius 3 is 2.11 bits per heavy atom. The van der Waals surface area contributed by atoms with Crippen molar-refractivity contribution in [3.63, 3.8) is 0 Å². The Hall–Kier alpha value is -1.36. The maximum atomic E-state index is 13.5. The Balaban J connectivity index is 2.44. The second-order valence-electron chi connectivity index (χ2n) is 3.70. The molecule has 0 saturated heterocycles. The van der Waals surface area contributed by atoms with Crippen LogP contribution in [-0.4, -0.2) is 0 Å². The molecule has 1 atom stereocenters. The molecule has 5 heteroatoms. The smallest absolute Gasteiger partial charge is 0.159 e. The fourth-order valence-electron chi connectivity index (χ4n) is 1.56. The second-order valence-corrected chi connectivity index (χ2v) is 4.62. The van der Waals surface area contributed by atoms with E-state index in [-0.39, 0.29) is 5.56 Å². The van der Waals surface area contributed by atoms with Crippen molar-refractivity contribution >= 4 is 15.9 Å². The van der Waals surface area contributed by atoms with Gasteiger partial charge in [0, 0.05) is 5.56 Å². The van der Waals surface area contributed by atoms with Crippen molar-refractivity contribution in [2.45, 2.75) is 4.83 Å². The summed E-state index contributed by atoms with van der Waals surface area (Å²) in [6, 6.07) is 6.18. The van der Waals surface area contributed by atoms with Crippen molar-refractivity contribution < 1.29 is 17.6 Å². The molecule has 0 spiro atoms. The van der Waals surface area contributed by atoms with Crippen LogP contribution in [0.1, 0.15) is 16.0 Å². The first kappa shape index (κ1) is 13.1. The summed E-state index contributed by atoms with van der Waals surface area (Å²) in [5, 5.41) is 0. The summed E-state index contributed by atoms with van der Waals surface area (Å²) >= 11 is 3.14. The zero-order valence-corrected chi connectivity index (χ0v) is 10.5. The first-order valence-corrected chi connectivity index (χ1v) is 5.94. The van der Waals surface area contributed by atoms with Gasteiger partial charge in [0.1, 0.15) is 11.6 Å². The summed E-state index contributed by atoms with van der Waals surface area (Å²) in [5.74, 6) is -3.24. The van der Waals surface area contributed by atoms with Crippen LogP contribution in [0.15, 0.2) is 36.4 Å². The molecule has 0 aliphatic carbocycles. The standard InChI is InChI=1S/C13H7BrF4/c14-13(7-1-3-11(17)12(18)5-7)9-6-8(15)2-4-10(9)16/h1-6,13H. The van der Waals surface area contributed by atoms with Gasteiger partial charge in [-0.3, -0.25) is 0 Å². The van der Waals surface area contributed by atoms with Crippen molar-refractivity contribution in [3.05, 3.63) is 70.8 Å². The van der Waals surface area contributed by atoms with E-state index in [1.807, 2.05) is 0 Å². The molecule has 0 heterocycles. The number of hydrogen-bond acceptors (Lipinski definition) is 0. The van der Waals surface area contributed by atoms with E-state index in [0.717, 1.165) is 30.3 Å². The van der Waals surface area contributed by atoms with Gasteiger partial charge in [0.2, 0.25) is 0 Å². The van der Waals surface area contributed by atoms with Gasteiger partial charge in [-0.15, -0.1) is 0 Å². The van der Waals surface area contributed by atoms with Crippen LogP contribution >= 0.6 is 15.9 Å². The molecule has 0 aromatic heterocycles. The summed E-state index contributed by atoms with van der Waals surface area (Å²) in [4.78, 5) is -0.747. The zero-order chi connectivity index (χ0) is 13.3. The second kappa shape index (κ2) is 5.10. The third-order valence-corrected chi connectivity index (χ3v) is 3.49. The molecule has 0 radical (unpaired) electrons.